The lowest BCUT2D eigenvalue weighted by molar-refractivity contribution is -0.137. The second-order valence-corrected chi connectivity index (χ2v) is 9.18. The second-order valence-electron chi connectivity index (χ2n) is 6.79. The van der Waals surface area contributed by atoms with Gasteiger partial charge in [0.1, 0.15) is 12.7 Å². The molecule has 154 valence electrons. The van der Waals surface area contributed by atoms with Crippen LogP contribution in [0.2, 0.25) is 0 Å². The SMILES string of the molecule is CCS(=O)(=O)[N+]1(c2cccc(-c3cccc(C(F)(F)F)c3)c2)C=C(CN)C=CC1. The third-order valence-electron chi connectivity index (χ3n) is 4.99. The van der Waals surface area contributed by atoms with Gasteiger partial charge in [-0.15, -0.1) is 0 Å². The quantitative estimate of drug-likeness (QED) is 0.724. The first-order chi connectivity index (χ1) is 13.6. The summed E-state index contributed by atoms with van der Waals surface area (Å²) in [4.78, 5) is 0. The zero-order valence-electron chi connectivity index (χ0n) is 15.9. The van der Waals surface area contributed by atoms with Crippen molar-refractivity contribution in [1.29, 1.82) is 0 Å². The van der Waals surface area contributed by atoms with Crippen LogP contribution in [0.1, 0.15) is 12.5 Å². The molecule has 1 unspecified atom stereocenters. The molecule has 0 saturated carbocycles. The molecule has 0 radical (unpaired) electrons. The van der Waals surface area contributed by atoms with Crippen LogP contribution in [0.25, 0.3) is 11.1 Å². The van der Waals surface area contributed by atoms with Gasteiger partial charge in [-0.2, -0.15) is 25.5 Å². The second kappa shape index (κ2) is 7.78. The van der Waals surface area contributed by atoms with Crippen LogP contribution < -0.4 is 9.62 Å². The van der Waals surface area contributed by atoms with E-state index in [-0.39, 0.29) is 18.8 Å². The van der Waals surface area contributed by atoms with Crippen LogP contribution in [0.3, 0.4) is 0 Å². The van der Waals surface area contributed by atoms with Crippen molar-refractivity contribution < 1.29 is 21.6 Å². The average Bonchev–Trinajstić information content (AvgIpc) is 2.73. The maximum absolute atomic E-state index is 13.1. The van der Waals surface area contributed by atoms with Crippen molar-refractivity contribution in [2.45, 2.75) is 13.1 Å². The van der Waals surface area contributed by atoms with Crippen molar-refractivity contribution in [3.63, 3.8) is 0 Å². The molecule has 1 aliphatic rings. The van der Waals surface area contributed by atoms with Crippen LogP contribution in [0.5, 0.6) is 0 Å². The molecule has 0 aromatic heterocycles. The first-order valence-corrected chi connectivity index (χ1v) is 10.7. The van der Waals surface area contributed by atoms with E-state index >= 15 is 0 Å². The molecular weight excluding hydrogens is 401 g/mol. The van der Waals surface area contributed by atoms with Crippen molar-refractivity contribution in [1.82, 2.24) is 3.89 Å². The zero-order valence-corrected chi connectivity index (χ0v) is 16.7. The van der Waals surface area contributed by atoms with E-state index in [9.17, 15) is 21.6 Å². The van der Waals surface area contributed by atoms with E-state index in [0.717, 1.165) is 12.1 Å². The molecule has 29 heavy (non-hydrogen) atoms. The number of nitrogens with two attached hydrogens (primary N) is 1. The summed E-state index contributed by atoms with van der Waals surface area (Å²) in [6, 6.07) is 11.6. The van der Waals surface area contributed by atoms with Crippen LogP contribution >= 0.6 is 0 Å². The summed E-state index contributed by atoms with van der Waals surface area (Å²) < 4.78 is 65.0. The van der Waals surface area contributed by atoms with Crippen molar-refractivity contribution >= 4 is 15.7 Å². The van der Waals surface area contributed by atoms with Gasteiger partial charge in [-0.1, -0.05) is 30.3 Å². The van der Waals surface area contributed by atoms with E-state index in [1.54, 1.807) is 55.6 Å². The highest BCUT2D eigenvalue weighted by atomic mass is 32.2. The molecule has 0 amide bonds. The van der Waals surface area contributed by atoms with Crippen LogP contribution in [-0.2, 0) is 16.2 Å². The van der Waals surface area contributed by atoms with Crippen molar-refractivity contribution in [2.75, 3.05) is 18.8 Å². The Hall–Kier alpha value is -2.42. The third-order valence-corrected chi connectivity index (χ3v) is 7.17. The topological polar surface area (TPSA) is 60.2 Å². The normalized spacial score (nSPS) is 19.8. The van der Waals surface area contributed by atoms with E-state index in [1.807, 2.05) is 0 Å². The molecule has 0 aliphatic carbocycles. The standard InChI is InChI=1S/C21H22F3N2O2S/c1-2-29(27,28)26(11-5-6-16(14-25)15-26)20-10-4-8-18(13-20)17-7-3-9-19(12-17)21(22,23)24/h3-10,12-13,15H,2,11,14,25H2,1H3/q+1. The number of benzene rings is 2. The molecule has 1 heterocycles. The van der Waals surface area contributed by atoms with Gasteiger partial charge in [-0.3, -0.25) is 0 Å². The Kier molecular flexibility index (Phi) is 5.71. The summed E-state index contributed by atoms with van der Waals surface area (Å²) in [5, 5.41) is 0. The molecule has 2 aromatic carbocycles. The van der Waals surface area contributed by atoms with E-state index < -0.39 is 25.7 Å². The summed E-state index contributed by atoms with van der Waals surface area (Å²) in [6.07, 6.45) is 0.707. The molecular formula is C21H22F3N2O2S+. The molecule has 8 heteroatoms. The molecule has 0 fully saturated rings. The predicted molar refractivity (Wildman–Crippen MR) is 109 cm³/mol. The first kappa shape index (κ1) is 21.3. The lowest BCUT2D eigenvalue weighted by atomic mass is 10.0. The fraction of sp³-hybridized carbons (Fsp3) is 0.238. The number of alkyl halides is 3. The van der Waals surface area contributed by atoms with Crippen LogP contribution in [0, 0.1) is 0 Å². The Bertz CT molecular complexity index is 1080. The minimum atomic E-state index is -4.45. The van der Waals surface area contributed by atoms with Crippen LogP contribution in [-0.4, -0.2) is 27.3 Å². The number of hydrogen-bond donors (Lipinski definition) is 1. The van der Waals surface area contributed by atoms with E-state index in [1.165, 1.54) is 6.07 Å². The molecule has 1 atom stereocenters. The number of quaternary nitrogens is 1. The minimum absolute atomic E-state index is 0.0943. The zero-order chi connectivity index (χ0) is 21.3. The van der Waals surface area contributed by atoms with Crippen molar-refractivity contribution in [3.8, 4) is 11.1 Å². The van der Waals surface area contributed by atoms with Gasteiger partial charge in [0.2, 0.25) is 0 Å². The van der Waals surface area contributed by atoms with Gasteiger partial charge in [-0.05, 0) is 36.3 Å². The van der Waals surface area contributed by atoms with Gasteiger partial charge in [-0.25, -0.2) is 0 Å². The van der Waals surface area contributed by atoms with Crippen molar-refractivity contribution in [3.05, 3.63) is 78.0 Å². The van der Waals surface area contributed by atoms with Crippen LogP contribution in [0.15, 0.2) is 72.5 Å². The summed E-state index contributed by atoms with van der Waals surface area (Å²) >= 11 is 0. The Labute approximate surface area is 168 Å². The fourth-order valence-electron chi connectivity index (χ4n) is 3.41. The Morgan fingerprint density at radius 3 is 2.34 bits per heavy atom. The maximum Gasteiger partial charge on any atom is 0.416 e. The summed E-state index contributed by atoms with van der Waals surface area (Å²) in [7, 11) is -3.63. The van der Waals surface area contributed by atoms with Crippen molar-refractivity contribution in [2.24, 2.45) is 5.73 Å². The molecule has 2 N–H and O–H groups in total. The highest BCUT2D eigenvalue weighted by Crippen LogP contribution is 2.37. The molecule has 0 spiro atoms. The highest BCUT2D eigenvalue weighted by Gasteiger charge is 2.42. The number of hydrogen-bond acceptors (Lipinski definition) is 3. The summed E-state index contributed by atoms with van der Waals surface area (Å²) in [5.41, 5.74) is 6.99. The van der Waals surface area contributed by atoms with E-state index in [4.69, 9.17) is 5.73 Å². The van der Waals surface area contributed by atoms with Gasteiger partial charge >= 0.3 is 16.2 Å². The molecule has 3 rings (SSSR count). The number of halogens is 3. The van der Waals surface area contributed by atoms with Gasteiger partial charge < -0.3 is 5.73 Å². The van der Waals surface area contributed by atoms with Gasteiger partial charge in [0, 0.05) is 24.3 Å². The van der Waals surface area contributed by atoms with E-state index in [0.29, 0.717) is 22.4 Å². The molecule has 1 aliphatic heterocycles. The maximum atomic E-state index is 13.1. The van der Waals surface area contributed by atoms with Gasteiger partial charge in [0.25, 0.3) is 0 Å². The number of sulfonamides is 1. The summed E-state index contributed by atoms with van der Waals surface area (Å²) in [6.45, 7) is 1.94. The molecule has 4 nitrogen and oxygen atoms in total. The van der Waals surface area contributed by atoms with Gasteiger partial charge in [0.05, 0.1) is 11.3 Å². The molecule has 0 saturated heterocycles. The minimum Gasteiger partial charge on any atom is -0.326 e. The van der Waals surface area contributed by atoms with E-state index in [2.05, 4.69) is 0 Å². The average molecular weight is 423 g/mol. The molecule has 0 bridgehead atoms. The largest absolute Gasteiger partial charge is 0.416 e. The number of rotatable bonds is 5. The fourth-order valence-corrected chi connectivity index (χ4v) is 4.91. The smallest absolute Gasteiger partial charge is 0.326 e. The third kappa shape index (κ3) is 4.01. The van der Waals surface area contributed by atoms with Gasteiger partial charge in [0.15, 0.2) is 5.69 Å². The number of nitrogens with zero attached hydrogens (tertiary/aromatic N) is 1. The predicted octanol–water partition coefficient (Wildman–Crippen LogP) is 4.44. The Balaban J connectivity index is 2.17. The summed E-state index contributed by atoms with van der Waals surface area (Å²) in [5.74, 6) is -0.0943. The lowest BCUT2D eigenvalue weighted by Crippen LogP contribution is -2.51. The first-order valence-electron chi connectivity index (χ1n) is 9.10. The monoisotopic (exact) mass is 423 g/mol. The highest BCUT2D eigenvalue weighted by molar-refractivity contribution is 7.91. The lowest BCUT2D eigenvalue weighted by Gasteiger charge is -2.34. The van der Waals surface area contributed by atoms with Crippen LogP contribution in [0.4, 0.5) is 18.9 Å². The Morgan fingerprint density at radius 2 is 1.72 bits per heavy atom. The Morgan fingerprint density at radius 1 is 1.07 bits per heavy atom. The molecule has 2 aromatic rings.